The Bertz CT molecular complexity index is 2050. The minimum absolute atomic E-state index is 0.0102. The molecule has 1 fully saturated rings. The van der Waals surface area contributed by atoms with E-state index in [9.17, 15) is 19.6 Å². The largest absolute Gasteiger partial charge is 0.443 e. The van der Waals surface area contributed by atoms with Crippen molar-refractivity contribution in [2.24, 2.45) is 7.05 Å². The third-order valence-corrected chi connectivity index (χ3v) is 9.49. The van der Waals surface area contributed by atoms with Gasteiger partial charge in [0.15, 0.2) is 5.69 Å². The first-order valence-electron chi connectivity index (χ1n) is 18.0. The molecule has 280 valence electrons. The maximum Gasteiger partial charge on any atom is 0.425 e. The summed E-state index contributed by atoms with van der Waals surface area (Å²) < 4.78 is 13.1. The molecule has 0 N–H and O–H groups in total. The summed E-state index contributed by atoms with van der Waals surface area (Å²) in [4.78, 5) is 53.0. The van der Waals surface area contributed by atoms with Crippen LogP contribution in [0.2, 0.25) is 0 Å². The molecule has 0 spiro atoms. The normalized spacial score (nSPS) is 14.8. The molecule has 1 saturated heterocycles. The van der Waals surface area contributed by atoms with Gasteiger partial charge in [-0.05, 0) is 140 Å². The lowest BCUT2D eigenvalue weighted by Gasteiger charge is -2.37. The average Bonchev–Trinajstić information content (AvgIpc) is 3.42. The predicted octanol–water partition coefficient (Wildman–Crippen LogP) is 8.13. The molecule has 53 heavy (non-hydrogen) atoms. The van der Waals surface area contributed by atoms with Gasteiger partial charge in [-0.2, -0.15) is 10.2 Å². The number of hydrogen-bond acceptors (Lipinski definition) is 9. The van der Waals surface area contributed by atoms with Crippen molar-refractivity contribution in [1.29, 1.82) is 5.26 Å². The number of imide groups is 1. The molecule has 0 bridgehead atoms. The highest BCUT2D eigenvalue weighted by molar-refractivity contribution is 6.09. The van der Waals surface area contributed by atoms with Gasteiger partial charge in [0.05, 0.1) is 0 Å². The third-order valence-electron chi connectivity index (χ3n) is 9.49. The summed E-state index contributed by atoms with van der Waals surface area (Å²) in [5.74, 6) is 0.346. The highest BCUT2D eigenvalue weighted by Gasteiger charge is 2.34. The first-order valence-corrected chi connectivity index (χ1v) is 18.0. The van der Waals surface area contributed by atoms with Crippen LogP contribution in [0.4, 0.5) is 15.4 Å². The van der Waals surface area contributed by atoms with Gasteiger partial charge in [0.25, 0.3) is 5.91 Å². The maximum atomic E-state index is 13.3. The Morgan fingerprint density at radius 2 is 1.55 bits per heavy atom. The fraction of sp³-hybridized carbons (Fsp3) is 0.463. The molecule has 3 amide bonds. The molecule has 4 aromatic rings. The fourth-order valence-electron chi connectivity index (χ4n) is 6.94. The minimum atomic E-state index is -0.961. The number of benzene rings is 1. The predicted molar refractivity (Wildman–Crippen MR) is 205 cm³/mol. The number of nitrogens with zero attached hydrogens (tertiary/aromatic N) is 7. The van der Waals surface area contributed by atoms with E-state index in [1.54, 1.807) is 72.8 Å². The molecule has 12 nitrogen and oxygen atoms in total. The molecule has 4 heterocycles. The Balaban J connectivity index is 1.41. The Labute approximate surface area is 312 Å². The zero-order valence-corrected chi connectivity index (χ0v) is 32.8. The summed E-state index contributed by atoms with van der Waals surface area (Å²) in [7, 11) is 5.54. The Hall–Kier alpha value is -5.28. The number of pyridine rings is 2. The van der Waals surface area contributed by atoms with Gasteiger partial charge < -0.3 is 18.9 Å². The number of aromatic nitrogens is 3. The highest BCUT2D eigenvalue weighted by Crippen LogP contribution is 2.38. The van der Waals surface area contributed by atoms with Crippen molar-refractivity contribution >= 4 is 34.9 Å². The minimum Gasteiger partial charge on any atom is -0.443 e. The number of carbonyl (C=O) groups excluding carboxylic acids is 3. The van der Waals surface area contributed by atoms with Gasteiger partial charge in [-0.3, -0.25) is 9.69 Å². The molecule has 1 aromatic carbocycles. The van der Waals surface area contributed by atoms with Crippen molar-refractivity contribution in [3.05, 3.63) is 76.7 Å². The summed E-state index contributed by atoms with van der Waals surface area (Å²) in [5, 5.41) is 11.2. The molecular formula is C41H51N7O5. The number of piperidine rings is 1. The van der Waals surface area contributed by atoms with Crippen molar-refractivity contribution < 1.29 is 23.9 Å². The standard InChI is InChI=1S/C41H51N7O5/c1-25-22-28(37(49)45(9)10)12-13-29(25)27-17-20-47(21-18-27)26(2)34-23-32-30(16-19-43-36(32)46(34)11)31-14-15-35(44-33(31)24-42)48(38(50)52-40(3,4)5)39(51)53-41(6,7)8/h12-16,19,22-23,26-27H,17-18,20-21H2,1-11H3. The van der Waals surface area contributed by atoms with Crippen molar-refractivity contribution in [2.45, 2.75) is 91.4 Å². The van der Waals surface area contributed by atoms with Crippen LogP contribution in [0.15, 0.2) is 48.7 Å². The number of fused-ring (bicyclic) bond motifs is 1. The summed E-state index contributed by atoms with van der Waals surface area (Å²) >= 11 is 0. The number of ether oxygens (including phenoxy) is 2. The van der Waals surface area contributed by atoms with E-state index in [-0.39, 0.29) is 23.5 Å². The van der Waals surface area contributed by atoms with E-state index < -0.39 is 23.4 Å². The van der Waals surface area contributed by atoms with E-state index in [2.05, 4.69) is 46.5 Å². The number of rotatable bonds is 6. The van der Waals surface area contributed by atoms with Gasteiger partial charge in [-0.25, -0.2) is 19.6 Å². The molecule has 3 aromatic heterocycles. The smallest absolute Gasteiger partial charge is 0.425 e. The molecule has 0 saturated carbocycles. The van der Waals surface area contributed by atoms with Crippen molar-refractivity contribution in [3.8, 4) is 17.2 Å². The van der Waals surface area contributed by atoms with Crippen LogP contribution in [0, 0.1) is 18.3 Å². The number of amides is 3. The molecule has 1 aliphatic rings. The molecule has 0 radical (unpaired) electrons. The van der Waals surface area contributed by atoms with Crippen LogP contribution in [0.1, 0.15) is 106 Å². The number of likely N-dealkylation sites (tertiary alicyclic amines) is 1. The van der Waals surface area contributed by atoms with Gasteiger partial charge in [-0.15, -0.1) is 0 Å². The summed E-state index contributed by atoms with van der Waals surface area (Å²) in [6.45, 7) is 16.3. The quantitative estimate of drug-likeness (QED) is 0.193. The molecule has 1 atom stereocenters. The van der Waals surface area contributed by atoms with E-state index in [4.69, 9.17) is 14.5 Å². The zero-order valence-electron chi connectivity index (χ0n) is 32.8. The van der Waals surface area contributed by atoms with E-state index in [0.717, 1.165) is 58.7 Å². The maximum absolute atomic E-state index is 13.3. The van der Waals surface area contributed by atoms with Crippen molar-refractivity contribution in [1.82, 2.24) is 24.3 Å². The first-order chi connectivity index (χ1) is 24.8. The Morgan fingerprint density at radius 3 is 2.09 bits per heavy atom. The third kappa shape index (κ3) is 8.52. The highest BCUT2D eigenvalue weighted by atomic mass is 16.6. The molecule has 1 unspecified atom stereocenters. The van der Waals surface area contributed by atoms with Gasteiger partial charge in [0, 0.05) is 55.6 Å². The van der Waals surface area contributed by atoms with Crippen LogP contribution >= 0.6 is 0 Å². The lowest BCUT2D eigenvalue weighted by Crippen LogP contribution is -2.44. The van der Waals surface area contributed by atoms with E-state index in [1.165, 1.54) is 11.6 Å². The number of hydrogen-bond donors (Lipinski definition) is 0. The molecule has 1 aliphatic heterocycles. The van der Waals surface area contributed by atoms with Crippen molar-refractivity contribution in [3.63, 3.8) is 0 Å². The van der Waals surface area contributed by atoms with Gasteiger partial charge >= 0.3 is 12.2 Å². The van der Waals surface area contributed by atoms with Crippen LogP contribution in [0.25, 0.3) is 22.2 Å². The fourth-order valence-corrected chi connectivity index (χ4v) is 6.94. The Morgan fingerprint density at radius 1 is 0.925 bits per heavy atom. The second kappa shape index (κ2) is 15.0. The number of nitriles is 1. The lowest BCUT2D eigenvalue weighted by molar-refractivity contribution is 0.0428. The van der Waals surface area contributed by atoms with E-state index >= 15 is 0 Å². The number of anilines is 1. The average molecular weight is 722 g/mol. The van der Waals surface area contributed by atoms with E-state index in [0.29, 0.717) is 17.0 Å². The molecule has 12 heteroatoms. The monoisotopic (exact) mass is 721 g/mol. The Kier molecular flexibility index (Phi) is 11.0. The van der Waals surface area contributed by atoms with Crippen molar-refractivity contribution in [2.75, 3.05) is 32.1 Å². The van der Waals surface area contributed by atoms with E-state index in [1.807, 2.05) is 25.2 Å². The van der Waals surface area contributed by atoms with Gasteiger partial charge in [-0.1, -0.05) is 6.07 Å². The zero-order chi connectivity index (χ0) is 39.0. The number of carbonyl (C=O) groups is 3. The van der Waals surface area contributed by atoms with Crippen LogP contribution < -0.4 is 4.90 Å². The van der Waals surface area contributed by atoms with Crippen LogP contribution in [-0.2, 0) is 16.5 Å². The first kappa shape index (κ1) is 38.9. The van der Waals surface area contributed by atoms with Gasteiger partial charge in [0.2, 0.25) is 0 Å². The summed E-state index contributed by atoms with van der Waals surface area (Å²) in [6.07, 6.45) is 1.80. The van der Waals surface area contributed by atoms with Gasteiger partial charge in [0.1, 0.15) is 28.7 Å². The van der Waals surface area contributed by atoms with Crippen LogP contribution in [0.5, 0.6) is 0 Å². The molecule has 0 aliphatic carbocycles. The summed E-state index contributed by atoms with van der Waals surface area (Å²) in [6, 6.07) is 15.5. The summed E-state index contributed by atoms with van der Waals surface area (Å²) in [5.41, 5.74) is 4.56. The van der Waals surface area contributed by atoms with Crippen LogP contribution in [-0.4, -0.2) is 80.8 Å². The van der Waals surface area contributed by atoms with Crippen LogP contribution in [0.3, 0.4) is 0 Å². The molecule has 5 rings (SSSR count). The topological polar surface area (TPSA) is 134 Å². The SMILES string of the molecule is Cc1cc(C(=O)N(C)C)ccc1C1CCN(C(C)c2cc3c(-c4ccc(N(C(=O)OC(C)(C)C)C(=O)OC(C)(C)C)nc4C#N)ccnc3n2C)CC1. The number of aryl methyl sites for hydroxylation is 2. The second-order valence-corrected chi connectivity index (χ2v) is 16.0. The lowest BCUT2D eigenvalue weighted by atomic mass is 9.85. The second-order valence-electron chi connectivity index (χ2n) is 16.0. The molecular weight excluding hydrogens is 670 g/mol.